The highest BCUT2D eigenvalue weighted by Gasteiger charge is 2.06. The number of nitrogens with zero attached hydrogens (tertiary/aromatic N) is 3. The van der Waals surface area contributed by atoms with Crippen LogP contribution in [0.4, 0.5) is 11.4 Å². The minimum atomic E-state index is 0.589. The molecule has 5 heteroatoms. The normalized spacial score (nSPS) is 10.2. The van der Waals surface area contributed by atoms with Gasteiger partial charge in [-0.05, 0) is 54.1 Å². The van der Waals surface area contributed by atoms with Crippen LogP contribution in [0, 0.1) is 11.3 Å². The number of nitriles is 1. The van der Waals surface area contributed by atoms with Crippen LogP contribution in [0.3, 0.4) is 0 Å². The molecule has 2 N–H and O–H groups in total. The van der Waals surface area contributed by atoms with Gasteiger partial charge in [0.2, 0.25) is 0 Å². The molecular weight excluding hydrogens is 316 g/mol. The largest absolute Gasteiger partial charge is 0.280 e. The fraction of sp³-hybridized carbons (Fsp3) is 0.0526. The molecule has 0 spiro atoms. The fourth-order valence-electron chi connectivity index (χ4n) is 2.23. The molecule has 0 saturated heterocycles. The van der Waals surface area contributed by atoms with Crippen molar-refractivity contribution in [1.82, 2.24) is 4.98 Å². The number of thioether (sulfide) groups is 1. The lowest BCUT2D eigenvalue weighted by molar-refractivity contribution is 1.08. The molecule has 1 heterocycles. The Morgan fingerprint density at radius 3 is 2.58 bits per heavy atom. The summed E-state index contributed by atoms with van der Waals surface area (Å²) in [5.74, 6) is 7.04. The van der Waals surface area contributed by atoms with Crippen LogP contribution >= 0.6 is 11.8 Å². The van der Waals surface area contributed by atoms with E-state index >= 15 is 0 Å². The molecule has 24 heavy (non-hydrogen) atoms. The summed E-state index contributed by atoms with van der Waals surface area (Å²) in [5.41, 5.74) is 3.44. The lowest BCUT2D eigenvalue weighted by Gasteiger charge is -2.19. The number of hydrogen-bond donors (Lipinski definition) is 1. The molecule has 0 atom stereocenters. The fourth-order valence-corrected chi connectivity index (χ4v) is 3.06. The third kappa shape index (κ3) is 3.93. The Morgan fingerprint density at radius 1 is 1.04 bits per heavy atom. The third-order valence-corrected chi connectivity index (χ3v) is 4.58. The number of nitrogens with two attached hydrogens (primary N) is 1. The summed E-state index contributed by atoms with van der Waals surface area (Å²) in [6, 6.07) is 21.4. The number of rotatable bonds is 5. The number of hydrazine groups is 1. The Kier molecular flexibility index (Phi) is 5.12. The summed E-state index contributed by atoms with van der Waals surface area (Å²) in [4.78, 5) is 5.29. The standard InChI is InChI=1S/C19H16N4S/c20-12-15-3-1-5-18(11-15)23(21)17-6-8-19(9-7-17)24-14-16-4-2-10-22-13-16/h1-11,13H,14,21H2. The molecule has 118 valence electrons. The molecule has 0 unspecified atom stereocenters. The maximum atomic E-state index is 8.99. The second-order valence-electron chi connectivity index (χ2n) is 5.18. The second kappa shape index (κ2) is 7.64. The van der Waals surface area contributed by atoms with E-state index < -0.39 is 0 Å². The zero-order chi connectivity index (χ0) is 16.8. The Balaban J connectivity index is 1.68. The first-order valence-electron chi connectivity index (χ1n) is 7.43. The molecular formula is C19H16N4S. The summed E-state index contributed by atoms with van der Waals surface area (Å²) in [7, 11) is 0. The number of anilines is 2. The van der Waals surface area contributed by atoms with Crippen molar-refractivity contribution in [3.63, 3.8) is 0 Å². The van der Waals surface area contributed by atoms with Gasteiger partial charge in [0.05, 0.1) is 23.0 Å². The summed E-state index contributed by atoms with van der Waals surface area (Å²) >= 11 is 1.75. The van der Waals surface area contributed by atoms with Gasteiger partial charge in [-0.3, -0.25) is 9.99 Å². The van der Waals surface area contributed by atoms with Crippen LogP contribution in [-0.2, 0) is 5.75 Å². The van der Waals surface area contributed by atoms with Crippen molar-refractivity contribution in [2.75, 3.05) is 5.01 Å². The van der Waals surface area contributed by atoms with Crippen molar-refractivity contribution in [2.24, 2.45) is 5.84 Å². The number of benzene rings is 2. The maximum absolute atomic E-state index is 8.99. The summed E-state index contributed by atoms with van der Waals surface area (Å²) < 4.78 is 0. The third-order valence-electron chi connectivity index (χ3n) is 3.50. The molecule has 0 aliphatic carbocycles. The van der Waals surface area contributed by atoms with Crippen molar-refractivity contribution < 1.29 is 0 Å². The lowest BCUT2D eigenvalue weighted by atomic mass is 10.2. The molecule has 0 fully saturated rings. The van der Waals surface area contributed by atoms with Crippen molar-refractivity contribution in [3.05, 3.63) is 84.2 Å². The topological polar surface area (TPSA) is 65.9 Å². The Hall–Kier alpha value is -2.81. The van der Waals surface area contributed by atoms with E-state index in [0.717, 1.165) is 17.1 Å². The van der Waals surface area contributed by atoms with E-state index in [9.17, 15) is 0 Å². The zero-order valence-corrected chi connectivity index (χ0v) is 13.8. The van der Waals surface area contributed by atoms with Gasteiger partial charge in [0.25, 0.3) is 0 Å². The van der Waals surface area contributed by atoms with Crippen LogP contribution in [0.25, 0.3) is 0 Å². The van der Waals surface area contributed by atoms with Crippen molar-refractivity contribution in [3.8, 4) is 6.07 Å². The van der Waals surface area contributed by atoms with Gasteiger partial charge >= 0.3 is 0 Å². The van der Waals surface area contributed by atoms with E-state index in [2.05, 4.69) is 17.1 Å². The zero-order valence-electron chi connectivity index (χ0n) is 13.0. The van der Waals surface area contributed by atoms with E-state index in [1.807, 2.05) is 48.7 Å². The predicted molar refractivity (Wildman–Crippen MR) is 97.7 cm³/mol. The predicted octanol–water partition coefficient (Wildman–Crippen LogP) is 4.26. The first-order valence-corrected chi connectivity index (χ1v) is 8.41. The van der Waals surface area contributed by atoms with Crippen molar-refractivity contribution in [2.45, 2.75) is 10.6 Å². The molecule has 1 aromatic heterocycles. The van der Waals surface area contributed by atoms with Crippen LogP contribution < -0.4 is 10.9 Å². The van der Waals surface area contributed by atoms with Gasteiger partial charge in [-0.15, -0.1) is 11.8 Å². The van der Waals surface area contributed by atoms with Crippen LogP contribution in [0.15, 0.2) is 78.0 Å². The van der Waals surface area contributed by atoms with Crippen molar-refractivity contribution in [1.29, 1.82) is 5.26 Å². The molecule has 0 amide bonds. The highest BCUT2D eigenvalue weighted by atomic mass is 32.2. The smallest absolute Gasteiger partial charge is 0.0992 e. The average molecular weight is 332 g/mol. The molecule has 4 nitrogen and oxygen atoms in total. The van der Waals surface area contributed by atoms with Crippen LogP contribution in [0.5, 0.6) is 0 Å². The highest BCUT2D eigenvalue weighted by molar-refractivity contribution is 7.98. The minimum absolute atomic E-state index is 0.589. The molecule has 0 bridgehead atoms. The Bertz CT molecular complexity index is 841. The minimum Gasteiger partial charge on any atom is -0.280 e. The van der Waals surface area contributed by atoms with E-state index in [4.69, 9.17) is 11.1 Å². The highest BCUT2D eigenvalue weighted by Crippen LogP contribution is 2.27. The van der Waals surface area contributed by atoms with Gasteiger partial charge in [0.1, 0.15) is 0 Å². The maximum Gasteiger partial charge on any atom is 0.0992 e. The van der Waals surface area contributed by atoms with Crippen molar-refractivity contribution >= 4 is 23.1 Å². The Labute approximate surface area is 145 Å². The second-order valence-corrected chi connectivity index (χ2v) is 6.22. The van der Waals surface area contributed by atoms with Gasteiger partial charge in [0, 0.05) is 23.0 Å². The lowest BCUT2D eigenvalue weighted by Crippen LogP contribution is -2.24. The van der Waals surface area contributed by atoms with E-state index in [-0.39, 0.29) is 0 Å². The Morgan fingerprint density at radius 2 is 1.88 bits per heavy atom. The molecule has 3 rings (SSSR count). The summed E-state index contributed by atoms with van der Waals surface area (Å²) in [5, 5.41) is 10.6. The average Bonchev–Trinajstić information content (AvgIpc) is 2.67. The summed E-state index contributed by atoms with van der Waals surface area (Å²) in [6.45, 7) is 0. The molecule has 0 saturated carbocycles. The van der Waals surface area contributed by atoms with Gasteiger partial charge in [-0.2, -0.15) is 5.26 Å². The van der Waals surface area contributed by atoms with E-state index in [0.29, 0.717) is 5.56 Å². The SMILES string of the molecule is N#Cc1cccc(N(N)c2ccc(SCc3cccnc3)cc2)c1. The van der Waals surface area contributed by atoms with Crippen LogP contribution in [-0.4, -0.2) is 4.98 Å². The van der Waals surface area contributed by atoms with Gasteiger partial charge in [-0.25, -0.2) is 5.84 Å². The van der Waals surface area contributed by atoms with Crippen LogP contribution in [0.1, 0.15) is 11.1 Å². The van der Waals surface area contributed by atoms with Gasteiger partial charge in [-0.1, -0.05) is 12.1 Å². The van der Waals surface area contributed by atoms with Gasteiger partial charge < -0.3 is 0 Å². The first kappa shape index (κ1) is 16.1. The summed E-state index contributed by atoms with van der Waals surface area (Å²) in [6.07, 6.45) is 3.66. The molecule has 2 aromatic carbocycles. The molecule has 0 radical (unpaired) electrons. The van der Waals surface area contributed by atoms with E-state index in [1.54, 1.807) is 35.1 Å². The quantitative estimate of drug-likeness (QED) is 0.430. The number of pyridine rings is 1. The van der Waals surface area contributed by atoms with E-state index in [1.165, 1.54) is 10.5 Å². The van der Waals surface area contributed by atoms with Gasteiger partial charge in [0.15, 0.2) is 0 Å². The van der Waals surface area contributed by atoms with Crippen LogP contribution in [0.2, 0.25) is 0 Å². The number of hydrogen-bond acceptors (Lipinski definition) is 5. The monoisotopic (exact) mass is 332 g/mol. The number of aromatic nitrogens is 1. The first-order chi connectivity index (χ1) is 11.8. The molecule has 0 aliphatic rings. The molecule has 3 aromatic rings. The molecule has 0 aliphatic heterocycles.